The molecule has 0 fully saturated rings. The molecule has 0 aromatic carbocycles. The highest BCUT2D eigenvalue weighted by atomic mass is 79.9. The number of nitrogens with one attached hydrogen (secondary N) is 1. The van der Waals surface area contributed by atoms with Gasteiger partial charge >= 0.3 is 12.1 Å². The summed E-state index contributed by atoms with van der Waals surface area (Å²) in [6, 6.07) is 1.35. The number of nitrogens with zero attached hydrogens (tertiary/aromatic N) is 2. The zero-order valence-corrected chi connectivity index (χ0v) is 15.1. The van der Waals surface area contributed by atoms with Crippen molar-refractivity contribution in [1.29, 1.82) is 0 Å². The van der Waals surface area contributed by atoms with Crippen molar-refractivity contribution >= 4 is 28.0 Å². The highest BCUT2D eigenvalue weighted by Gasteiger charge is 2.21. The topological polar surface area (TPSA) is 82.5 Å². The van der Waals surface area contributed by atoms with Crippen LogP contribution in [-0.4, -0.2) is 40.6 Å². The first-order valence-corrected chi connectivity index (χ1v) is 7.82. The lowest BCUT2D eigenvalue weighted by molar-refractivity contribution is 0.0508. The number of amides is 1. The summed E-state index contributed by atoms with van der Waals surface area (Å²) in [5.74, 6) is -0.454. The Morgan fingerprint density at radius 3 is 2.64 bits per heavy atom. The SMILES string of the molecule is CCOC(=O)c1cc(Br)nn1C(C)CNC(=O)OC(C)(C)C. The van der Waals surface area contributed by atoms with Crippen LogP contribution in [0.5, 0.6) is 0 Å². The van der Waals surface area contributed by atoms with E-state index in [1.54, 1.807) is 33.8 Å². The summed E-state index contributed by atoms with van der Waals surface area (Å²) < 4.78 is 12.2. The zero-order chi connectivity index (χ0) is 16.9. The normalized spacial score (nSPS) is 12.6. The summed E-state index contributed by atoms with van der Waals surface area (Å²) >= 11 is 3.24. The van der Waals surface area contributed by atoms with Crippen LogP contribution in [0.1, 0.15) is 51.1 Å². The third kappa shape index (κ3) is 5.67. The Labute approximate surface area is 138 Å². The molecule has 1 atom stereocenters. The maximum atomic E-state index is 11.9. The number of hydrogen-bond acceptors (Lipinski definition) is 5. The van der Waals surface area contributed by atoms with Crippen LogP contribution >= 0.6 is 15.9 Å². The van der Waals surface area contributed by atoms with Crippen LogP contribution in [0.2, 0.25) is 0 Å². The van der Waals surface area contributed by atoms with Crippen molar-refractivity contribution in [2.75, 3.05) is 13.2 Å². The average molecular weight is 376 g/mol. The molecule has 0 aliphatic rings. The van der Waals surface area contributed by atoms with Crippen molar-refractivity contribution in [2.24, 2.45) is 0 Å². The van der Waals surface area contributed by atoms with Crippen LogP contribution in [-0.2, 0) is 9.47 Å². The third-order valence-electron chi connectivity index (χ3n) is 2.55. The summed E-state index contributed by atoms with van der Waals surface area (Å²) in [6.45, 7) is 9.50. The second-order valence-electron chi connectivity index (χ2n) is 5.75. The van der Waals surface area contributed by atoms with Gasteiger partial charge in [0.1, 0.15) is 15.9 Å². The van der Waals surface area contributed by atoms with E-state index in [9.17, 15) is 9.59 Å². The first-order valence-electron chi connectivity index (χ1n) is 7.03. The number of ether oxygens (including phenoxy) is 2. The van der Waals surface area contributed by atoms with E-state index >= 15 is 0 Å². The molecule has 22 heavy (non-hydrogen) atoms. The Hall–Kier alpha value is -1.57. The molecular formula is C14H22BrN3O4. The van der Waals surface area contributed by atoms with Gasteiger partial charge in [-0.25, -0.2) is 9.59 Å². The lowest BCUT2D eigenvalue weighted by Gasteiger charge is -2.21. The maximum Gasteiger partial charge on any atom is 0.407 e. The number of halogens is 1. The van der Waals surface area contributed by atoms with Gasteiger partial charge in [-0.1, -0.05) is 0 Å². The van der Waals surface area contributed by atoms with Crippen LogP contribution in [0, 0.1) is 0 Å². The number of alkyl carbamates (subject to hydrolysis) is 1. The summed E-state index contributed by atoms with van der Waals surface area (Å²) in [5.41, 5.74) is -0.231. The minimum Gasteiger partial charge on any atom is -0.461 e. The second-order valence-corrected chi connectivity index (χ2v) is 6.56. The zero-order valence-electron chi connectivity index (χ0n) is 13.5. The summed E-state index contributed by atoms with van der Waals surface area (Å²) in [7, 11) is 0. The van der Waals surface area contributed by atoms with Crippen molar-refractivity contribution in [3.8, 4) is 0 Å². The van der Waals surface area contributed by atoms with Crippen LogP contribution in [0.4, 0.5) is 4.79 Å². The monoisotopic (exact) mass is 375 g/mol. The first kappa shape index (κ1) is 18.5. The van der Waals surface area contributed by atoms with E-state index < -0.39 is 17.7 Å². The molecule has 0 radical (unpaired) electrons. The van der Waals surface area contributed by atoms with Gasteiger partial charge < -0.3 is 14.8 Å². The first-order chi connectivity index (χ1) is 10.1. The molecule has 124 valence electrons. The number of carbonyl (C=O) groups is 2. The molecule has 0 aliphatic carbocycles. The van der Waals surface area contributed by atoms with Gasteiger partial charge in [0.25, 0.3) is 0 Å². The summed E-state index contributed by atoms with van der Waals surface area (Å²) in [5, 5.41) is 6.86. The number of hydrogen-bond donors (Lipinski definition) is 1. The lowest BCUT2D eigenvalue weighted by atomic mass is 10.2. The number of aromatic nitrogens is 2. The maximum absolute atomic E-state index is 11.9. The molecular weight excluding hydrogens is 354 g/mol. The number of carbonyl (C=O) groups excluding carboxylic acids is 2. The van der Waals surface area contributed by atoms with Crippen molar-refractivity contribution in [3.05, 3.63) is 16.4 Å². The van der Waals surface area contributed by atoms with Crippen molar-refractivity contribution in [2.45, 2.75) is 46.3 Å². The highest BCUT2D eigenvalue weighted by molar-refractivity contribution is 9.10. The molecule has 1 N–H and O–H groups in total. The second kappa shape index (κ2) is 7.62. The van der Waals surface area contributed by atoms with E-state index in [4.69, 9.17) is 9.47 Å². The average Bonchev–Trinajstić information content (AvgIpc) is 2.76. The molecule has 1 unspecified atom stereocenters. The molecule has 1 amide bonds. The van der Waals surface area contributed by atoms with E-state index in [0.29, 0.717) is 10.3 Å². The van der Waals surface area contributed by atoms with Crippen LogP contribution in [0.25, 0.3) is 0 Å². The lowest BCUT2D eigenvalue weighted by Crippen LogP contribution is -2.36. The van der Waals surface area contributed by atoms with Crippen molar-refractivity contribution in [3.63, 3.8) is 0 Å². The Morgan fingerprint density at radius 1 is 1.45 bits per heavy atom. The third-order valence-corrected chi connectivity index (χ3v) is 2.94. The van der Waals surface area contributed by atoms with Crippen LogP contribution in [0.15, 0.2) is 10.7 Å². The van der Waals surface area contributed by atoms with Crippen LogP contribution in [0.3, 0.4) is 0 Å². The predicted molar refractivity (Wildman–Crippen MR) is 84.8 cm³/mol. The van der Waals surface area contributed by atoms with Gasteiger partial charge in [-0.15, -0.1) is 0 Å². The quantitative estimate of drug-likeness (QED) is 0.799. The Kier molecular flexibility index (Phi) is 6.40. The van der Waals surface area contributed by atoms with Gasteiger partial charge in [0.05, 0.1) is 12.6 Å². The Balaban J connectivity index is 2.71. The fourth-order valence-electron chi connectivity index (χ4n) is 1.69. The molecule has 1 rings (SSSR count). The molecule has 0 bridgehead atoms. The highest BCUT2D eigenvalue weighted by Crippen LogP contribution is 2.17. The molecule has 8 heteroatoms. The van der Waals surface area contributed by atoms with Gasteiger partial charge in [-0.05, 0) is 50.5 Å². The molecule has 0 saturated heterocycles. The molecule has 0 aliphatic heterocycles. The van der Waals surface area contributed by atoms with Gasteiger partial charge in [0.15, 0.2) is 0 Å². The molecule has 0 saturated carbocycles. The fourth-order valence-corrected chi connectivity index (χ4v) is 2.08. The predicted octanol–water partition coefficient (Wildman–Crippen LogP) is 2.91. The molecule has 1 aromatic rings. The van der Waals surface area contributed by atoms with E-state index in [1.807, 2.05) is 6.92 Å². The van der Waals surface area contributed by atoms with E-state index in [1.165, 1.54) is 4.68 Å². The Bertz CT molecular complexity index is 537. The van der Waals surface area contributed by atoms with E-state index in [2.05, 4.69) is 26.3 Å². The molecule has 7 nitrogen and oxygen atoms in total. The summed E-state index contributed by atoms with van der Waals surface area (Å²) in [4.78, 5) is 23.6. The Morgan fingerprint density at radius 2 is 2.09 bits per heavy atom. The van der Waals surface area contributed by atoms with Gasteiger partial charge in [-0.3, -0.25) is 4.68 Å². The van der Waals surface area contributed by atoms with Gasteiger partial charge in [0, 0.05) is 12.6 Å². The van der Waals surface area contributed by atoms with Crippen molar-refractivity contribution in [1.82, 2.24) is 15.1 Å². The molecule has 1 aromatic heterocycles. The fraction of sp³-hybridized carbons (Fsp3) is 0.643. The van der Waals surface area contributed by atoms with Crippen LogP contribution < -0.4 is 5.32 Å². The molecule has 1 heterocycles. The smallest absolute Gasteiger partial charge is 0.407 e. The number of esters is 1. The van der Waals surface area contributed by atoms with Gasteiger partial charge in [-0.2, -0.15) is 5.10 Å². The van der Waals surface area contributed by atoms with E-state index in [0.717, 1.165) is 0 Å². The standard InChI is InChI=1S/C14H22BrN3O4/c1-6-21-12(19)10-7-11(15)17-18(10)9(2)8-16-13(20)22-14(3,4)5/h7,9H,6,8H2,1-5H3,(H,16,20). The van der Waals surface area contributed by atoms with E-state index in [-0.39, 0.29) is 19.2 Å². The number of rotatable bonds is 5. The largest absolute Gasteiger partial charge is 0.461 e. The van der Waals surface area contributed by atoms with Gasteiger partial charge in [0.2, 0.25) is 0 Å². The molecule has 0 spiro atoms. The summed E-state index contributed by atoms with van der Waals surface area (Å²) in [6.07, 6.45) is -0.511. The van der Waals surface area contributed by atoms with Crippen molar-refractivity contribution < 1.29 is 19.1 Å². The minimum atomic E-state index is -0.557. The minimum absolute atomic E-state index is 0.238.